The molecule has 4 heterocycles. The number of hydrogen-bond acceptors (Lipinski definition) is 7. The Bertz CT molecular complexity index is 1530. The van der Waals surface area contributed by atoms with Crippen molar-refractivity contribution < 1.29 is 14.3 Å². The molecule has 0 unspecified atom stereocenters. The number of ether oxygens (including phenoxy) is 1. The summed E-state index contributed by atoms with van der Waals surface area (Å²) in [5.41, 5.74) is 2.44. The van der Waals surface area contributed by atoms with E-state index in [2.05, 4.69) is 4.99 Å². The number of anilines is 1. The second-order valence-electron chi connectivity index (χ2n) is 8.31. The van der Waals surface area contributed by atoms with Gasteiger partial charge < -0.3 is 9.64 Å². The van der Waals surface area contributed by atoms with Crippen molar-refractivity contribution >= 4 is 45.8 Å². The van der Waals surface area contributed by atoms with E-state index in [1.165, 1.54) is 27.2 Å². The maximum Gasteiger partial charge on any atom is 0.338 e. The van der Waals surface area contributed by atoms with Crippen molar-refractivity contribution in [2.24, 2.45) is 4.99 Å². The summed E-state index contributed by atoms with van der Waals surface area (Å²) in [7, 11) is 0. The summed E-state index contributed by atoms with van der Waals surface area (Å²) in [5.74, 6) is -0.691. The fourth-order valence-electron chi connectivity index (χ4n) is 4.44. The average molecular weight is 494 g/mol. The first-order valence-corrected chi connectivity index (χ1v) is 12.7. The zero-order valence-corrected chi connectivity index (χ0v) is 20.8. The van der Waals surface area contributed by atoms with Gasteiger partial charge in [0, 0.05) is 17.0 Å². The van der Waals surface area contributed by atoms with Crippen LogP contribution in [0, 0.1) is 0 Å². The zero-order valence-electron chi connectivity index (χ0n) is 19.2. The number of rotatable bonds is 4. The minimum atomic E-state index is -0.661. The van der Waals surface area contributed by atoms with Gasteiger partial charge in [-0.1, -0.05) is 35.6 Å². The maximum atomic E-state index is 13.9. The maximum absolute atomic E-state index is 13.9. The van der Waals surface area contributed by atoms with Gasteiger partial charge in [-0.15, -0.1) is 11.3 Å². The van der Waals surface area contributed by atoms with Gasteiger partial charge in [0.05, 0.1) is 28.6 Å². The molecule has 1 aromatic carbocycles. The third-order valence-corrected chi connectivity index (χ3v) is 7.82. The third-order valence-electron chi connectivity index (χ3n) is 5.84. The van der Waals surface area contributed by atoms with Gasteiger partial charge in [0.1, 0.15) is 10.6 Å². The average Bonchev–Trinajstić information content (AvgIpc) is 3.49. The molecule has 0 bridgehead atoms. The van der Waals surface area contributed by atoms with E-state index in [0.29, 0.717) is 32.7 Å². The molecule has 3 aromatic rings. The highest BCUT2D eigenvalue weighted by Gasteiger charge is 2.37. The summed E-state index contributed by atoms with van der Waals surface area (Å²) in [6.45, 7) is 7.74. The van der Waals surface area contributed by atoms with Crippen LogP contribution in [-0.2, 0) is 14.3 Å². The SMILES string of the molecule is CCN1C(=O)/C(=c2\sc3n(c2=O)[C@H](c2cccs2)C(C(=O)OC(C)C)=C(C)N=3)c2ccccc21. The van der Waals surface area contributed by atoms with Gasteiger partial charge in [0.15, 0.2) is 4.80 Å². The van der Waals surface area contributed by atoms with Crippen LogP contribution in [0.2, 0.25) is 0 Å². The lowest BCUT2D eigenvalue weighted by molar-refractivity contribution is -0.143. The Hall–Kier alpha value is -3.30. The van der Waals surface area contributed by atoms with Gasteiger partial charge in [-0.2, -0.15) is 0 Å². The molecule has 7 nitrogen and oxygen atoms in total. The van der Waals surface area contributed by atoms with Crippen LogP contribution in [0.3, 0.4) is 0 Å². The van der Waals surface area contributed by atoms with E-state index in [-0.39, 0.29) is 17.6 Å². The van der Waals surface area contributed by atoms with Crippen LogP contribution in [0.15, 0.2) is 62.8 Å². The van der Waals surface area contributed by atoms with Crippen LogP contribution in [0.25, 0.3) is 5.57 Å². The number of thiazole rings is 1. The highest BCUT2D eigenvalue weighted by Crippen LogP contribution is 2.36. The van der Waals surface area contributed by atoms with E-state index in [0.717, 1.165) is 16.1 Å². The number of carbonyl (C=O) groups is 2. The van der Waals surface area contributed by atoms with Crippen LogP contribution in [0.1, 0.15) is 44.2 Å². The van der Waals surface area contributed by atoms with Crippen molar-refractivity contribution in [3.05, 3.63) is 83.2 Å². The lowest BCUT2D eigenvalue weighted by atomic mass is 10.0. The molecule has 34 heavy (non-hydrogen) atoms. The number of carbonyl (C=O) groups excluding carboxylic acids is 2. The van der Waals surface area contributed by atoms with Crippen molar-refractivity contribution in [2.75, 3.05) is 11.4 Å². The Labute approximate surface area is 203 Å². The molecule has 1 atom stereocenters. The van der Waals surface area contributed by atoms with Gasteiger partial charge in [-0.25, -0.2) is 9.79 Å². The molecule has 0 radical (unpaired) electrons. The predicted molar refractivity (Wildman–Crippen MR) is 133 cm³/mol. The number of likely N-dealkylation sites (N-methyl/N-ethyl adjacent to an activating group) is 1. The van der Waals surface area contributed by atoms with E-state index < -0.39 is 12.0 Å². The van der Waals surface area contributed by atoms with E-state index >= 15 is 0 Å². The van der Waals surface area contributed by atoms with Crippen LogP contribution in [0.4, 0.5) is 5.69 Å². The molecular weight excluding hydrogens is 470 g/mol. The van der Waals surface area contributed by atoms with Gasteiger partial charge >= 0.3 is 5.97 Å². The fourth-order valence-corrected chi connectivity index (χ4v) is 6.40. The number of fused-ring (bicyclic) bond motifs is 2. The molecule has 0 aliphatic carbocycles. The molecule has 0 saturated carbocycles. The monoisotopic (exact) mass is 493 g/mol. The quantitative estimate of drug-likeness (QED) is 0.524. The molecular formula is C25H23N3O4S2. The molecule has 0 saturated heterocycles. The summed E-state index contributed by atoms with van der Waals surface area (Å²) in [4.78, 5) is 47.9. The number of esters is 1. The summed E-state index contributed by atoms with van der Waals surface area (Å²) < 4.78 is 7.38. The molecule has 0 fully saturated rings. The minimum absolute atomic E-state index is 0.197. The van der Waals surface area contributed by atoms with Crippen LogP contribution < -0.4 is 19.8 Å². The molecule has 2 aliphatic heterocycles. The molecule has 174 valence electrons. The summed E-state index contributed by atoms with van der Waals surface area (Å²) >= 11 is 2.65. The van der Waals surface area contributed by atoms with Crippen LogP contribution in [0.5, 0.6) is 0 Å². The number of amides is 1. The van der Waals surface area contributed by atoms with Crippen molar-refractivity contribution in [1.82, 2.24) is 4.57 Å². The zero-order chi connectivity index (χ0) is 24.1. The molecule has 0 spiro atoms. The first-order chi connectivity index (χ1) is 16.3. The second-order valence-corrected chi connectivity index (χ2v) is 10.3. The van der Waals surface area contributed by atoms with E-state index in [9.17, 15) is 14.4 Å². The highest BCUT2D eigenvalue weighted by molar-refractivity contribution is 7.10. The topological polar surface area (TPSA) is 81.0 Å². The largest absolute Gasteiger partial charge is 0.459 e. The number of thiophene rings is 1. The van der Waals surface area contributed by atoms with Crippen LogP contribution >= 0.6 is 22.7 Å². The van der Waals surface area contributed by atoms with Gasteiger partial charge in [-0.05, 0) is 45.2 Å². The van der Waals surface area contributed by atoms with Crippen molar-refractivity contribution in [3.8, 4) is 0 Å². The van der Waals surface area contributed by atoms with E-state index in [1.54, 1.807) is 25.7 Å². The standard InChI is InChI=1S/C25H23N3O4S2/c1-5-27-16-10-7-6-9-15(16)19(22(27)29)21-23(30)28-20(17-11-8-12-33-17)18(24(31)32-13(2)3)14(4)26-25(28)34-21/h6-13,20H,5H2,1-4H3/b21-19-/t20-/m1/s1. The lowest BCUT2D eigenvalue weighted by Crippen LogP contribution is -2.40. The summed E-state index contributed by atoms with van der Waals surface area (Å²) in [6, 6.07) is 10.6. The molecule has 2 aromatic heterocycles. The number of hydrogen-bond donors (Lipinski definition) is 0. The Morgan fingerprint density at radius 3 is 2.62 bits per heavy atom. The molecule has 5 rings (SSSR count). The van der Waals surface area contributed by atoms with Gasteiger partial charge in [0.25, 0.3) is 11.5 Å². The minimum Gasteiger partial charge on any atom is -0.459 e. The van der Waals surface area contributed by atoms with E-state index in [4.69, 9.17) is 4.74 Å². The lowest BCUT2D eigenvalue weighted by Gasteiger charge is -2.24. The first-order valence-electron chi connectivity index (χ1n) is 11.0. The molecule has 9 heteroatoms. The predicted octanol–water partition coefficient (Wildman–Crippen LogP) is 2.99. The molecule has 0 N–H and O–H groups in total. The number of para-hydroxylation sites is 1. The summed E-state index contributed by atoms with van der Waals surface area (Å²) in [6.07, 6.45) is -0.309. The van der Waals surface area contributed by atoms with Gasteiger partial charge in [-0.3, -0.25) is 14.2 Å². The third kappa shape index (κ3) is 3.38. The Morgan fingerprint density at radius 1 is 1.18 bits per heavy atom. The number of aromatic nitrogens is 1. The molecule has 2 aliphatic rings. The molecule has 1 amide bonds. The highest BCUT2D eigenvalue weighted by atomic mass is 32.1. The van der Waals surface area contributed by atoms with Crippen molar-refractivity contribution in [3.63, 3.8) is 0 Å². The Balaban J connectivity index is 1.80. The smallest absolute Gasteiger partial charge is 0.338 e. The number of allylic oxidation sites excluding steroid dienone is 1. The van der Waals surface area contributed by atoms with Crippen molar-refractivity contribution in [1.29, 1.82) is 0 Å². The number of nitrogens with zero attached hydrogens (tertiary/aromatic N) is 3. The van der Waals surface area contributed by atoms with Gasteiger partial charge in [0.2, 0.25) is 0 Å². The van der Waals surface area contributed by atoms with E-state index in [1.807, 2.05) is 48.7 Å². The fraction of sp³-hybridized carbons (Fsp3) is 0.280. The Kier molecular flexibility index (Phi) is 5.61. The van der Waals surface area contributed by atoms with Crippen LogP contribution in [-0.4, -0.2) is 29.1 Å². The first kappa shape index (κ1) is 22.5. The normalized spacial score (nSPS) is 18.8. The second kappa shape index (κ2) is 8.48. The summed E-state index contributed by atoms with van der Waals surface area (Å²) in [5, 5.41) is 1.91. The number of benzene rings is 1. The van der Waals surface area contributed by atoms with Crippen molar-refractivity contribution in [2.45, 2.75) is 39.8 Å². The Morgan fingerprint density at radius 2 is 1.94 bits per heavy atom.